The topological polar surface area (TPSA) is 35.2 Å². The molecule has 0 atom stereocenters. The number of hydrogen-bond acceptors (Lipinski definition) is 2. The highest BCUT2D eigenvalue weighted by Gasteiger charge is 1.99. The third-order valence-corrected chi connectivity index (χ3v) is 3.00. The molecular weight excluding hydrogens is 222 g/mol. The van der Waals surface area contributed by atoms with E-state index in [-0.39, 0.29) is 0 Å². The lowest BCUT2D eigenvalue weighted by Crippen LogP contribution is -2.03. The van der Waals surface area contributed by atoms with Crippen molar-refractivity contribution in [3.8, 4) is 5.75 Å². The molecule has 0 spiro atoms. The lowest BCUT2D eigenvalue weighted by atomic mass is 10.1. The van der Waals surface area contributed by atoms with Gasteiger partial charge in [-0.15, -0.1) is 0 Å². The quantitative estimate of drug-likeness (QED) is 0.814. The molecule has 0 fully saturated rings. The summed E-state index contributed by atoms with van der Waals surface area (Å²) in [6, 6.07) is 16.3. The van der Waals surface area contributed by atoms with Crippen LogP contribution in [0.15, 0.2) is 48.5 Å². The molecule has 2 N–H and O–H groups in total. The van der Waals surface area contributed by atoms with E-state index in [9.17, 15) is 0 Å². The summed E-state index contributed by atoms with van der Waals surface area (Å²) in [5.74, 6) is 0.766. The first-order chi connectivity index (χ1) is 8.79. The van der Waals surface area contributed by atoms with Crippen molar-refractivity contribution in [3.63, 3.8) is 0 Å². The first-order valence-electron chi connectivity index (χ1n) is 6.34. The molecule has 0 saturated heterocycles. The lowest BCUT2D eigenvalue weighted by molar-refractivity contribution is 0.323. The summed E-state index contributed by atoms with van der Waals surface area (Å²) in [5, 5.41) is 0. The Balaban J connectivity index is 1.86. The second kappa shape index (κ2) is 6.10. The zero-order valence-electron chi connectivity index (χ0n) is 10.7. The van der Waals surface area contributed by atoms with Gasteiger partial charge in [-0.1, -0.05) is 43.3 Å². The van der Waals surface area contributed by atoms with Gasteiger partial charge < -0.3 is 10.5 Å². The van der Waals surface area contributed by atoms with Gasteiger partial charge in [0, 0.05) is 6.42 Å². The van der Waals surface area contributed by atoms with Gasteiger partial charge in [0.25, 0.3) is 0 Å². The van der Waals surface area contributed by atoms with Gasteiger partial charge in [0.15, 0.2) is 0 Å². The van der Waals surface area contributed by atoms with Crippen molar-refractivity contribution >= 4 is 5.69 Å². The third kappa shape index (κ3) is 3.27. The minimum Gasteiger partial charge on any atom is -0.491 e. The molecule has 94 valence electrons. The molecule has 0 aliphatic heterocycles. The predicted molar refractivity (Wildman–Crippen MR) is 75.9 cm³/mol. The van der Waals surface area contributed by atoms with E-state index in [1.165, 1.54) is 11.1 Å². The van der Waals surface area contributed by atoms with E-state index in [1.54, 1.807) is 0 Å². The van der Waals surface area contributed by atoms with Crippen LogP contribution in [-0.4, -0.2) is 6.61 Å². The van der Waals surface area contributed by atoms with E-state index in [1.807, 2.05) is 24.3 Å². The summed E-state index contributed by atoms with van der Waals surface area (Å²) in [4.78, 5) is 0. The van der Waals surface area contributed by atoms with E-state index >= 15 is 0 Å². The molecule has 18 heavy (non-hydrogen) atoms. The van der Waals surface area contributed by atoms with Gasteiger partial charge in [-0.2, -0.15) is 0 Å². The Bertz CT molecular complexity index is 491. The fourth-order valence-electron chi connectivity index (χ4n) is 1.83. The Morgan fingerprint density at radius 3 is 2.28 bits per heavy atom. The number of rotatable bonds is 5. The Morgan fingerprint density at radius 2 is 1.61 bits per heavy atom. The van der Waals surface area contributed by atoms with Crippen LogP contribution in [0.5, 0.6) is 5.75 Å². The first kappa shape index (κ1) is 12.5. The molecule has 2 nitrogen and oxygen atoms in total. The number of nitrogen functional groups attached to an aromatic ring is 1. The fourth-order valence-corrected chi connectivity index (χ4v) is 1.83. The molecular formula is C16H19NO. The van der Waals surface area contributed by atoms with Crippen molar-refractivity contribution in [1.29, 1.82) is 0 Å². The van der Waals surface area contributed by atoms with Crippen LogP contribution < -0.4 is 10.5 Å². The smallest absolute Gasteiger partial charge is 0.142 e. The van der Waals surface area contributed by atoms with Crippen molar-refractivity contribution in [2.24, 2.45) is 0 Å². The van der Waals surface area contributed by atoms with Crippen molar-refractivity contribution in [1.82, 2.24) is 0 Å². The molecule has 0 bridgehead atoms. The van der Waals surface area contributed by atoms with Gasteiger partial charge in [-0.3, -0.25) is 0 Å². The molecule has 0 saturated carbocycles. The highest BCUT2D eigenvalue weighted by Crippen LogP contribution is 2.19. The second-order valence-corrected chi connectivity index (χ2v) is 4.31. The maximum Gasteiger partial charge on any atom is 0.142 e. The normalized spacial score (nSPS) is 10.3. The van der Waals surface area contributed by atoms with Crippen LogP contribution in [0.3, 0.4) is 0 Å². The van der Waals surface area contributed by atoms with E-state index in [0.29, 0.717) is 12.3 Å². The predicted octanol–water partition coefficient (Wildman–Crippen LogP) is 3.45. The van der Waals surface area contributed by atoms with E-state index in [2.05, 4.69) is 31.2 Å². The van der Waals surface area contributed by atoms with Crippen LogP contribution >= 0.6 is 0 Å². The van der Waals surface area contributed by atoms with Gasteiger partial charge in [0.05, 0.1) is 12.3 Å². The number of benzene rings is 2. The lowest BCUT2D eigenvalue weighted by Gasteiger charge is -2.08. The maximum atomic E-state index is 5.81. The number of hydrogen-bond donors (Lipinski definition) is 1. The minimum atomic E-state index is 0.652. The van der Waals surface area contributed by atoms with Crippen LogP contribution in [0.1, 0.15) is 18.1 Å². The zero-order valence-corrected chi connectivity index (χ0v) is 10.7. The van der Waals surface area contributed by atoms with Crippen molar-refractivity contribution in [2.45, 2.75) is 19.8 Å². The average Bonchev–Trinajstić information content (AvgIpc) is 2.42. The van der Waals surface area contributed by atoms with Crippen LogP contribution in [0.4, 0.5) is 5.69 Å². The maximum absolute atomic E-state index is 5.81. The van der Waals surface area contributed by atoms with Crippen molar-refractivity contribution in [2.75, 3.05) is 12.3 Å². The highest BCUT2D eigenvalue weighted by molar-refractivity contribution is 5.51. The molecule has 2 heteroatoms. The Hall–Kier alpha value is -1.96. The number of ether oxygens (including phenoxy) is 1. The van der Waals surface area contributed by atoms with Crippen LogP contribution in [0.25, 0.3) is 0 Å². The average molecular weight is 241 g/mol. The number of anilines is 1. The monoisotopic (exact) mass is 241 g/mol. The van der Waals surface area contributed by atoms with E-state index < -0.39 is 0 Å². The molecule has 0 aromatic heterocycles. The number of para-hydroxylation sites is 2. The summed E-state index contributed by atoms with van der Waals surface area (Å²) in [7, 11) is 0. The minimum absolute atomic E-state index is 0.652. The largest absolute Gasteiger partial charge is 0.491 e. The Labute approximate surface area is 108 Å². The van der Waals surface area contributed by atoms with Crippen molar-refractivity contribution < 1.29 is 4.74 Å². The molecule has 0 amide bonds. The third-order valence-electron chi connectivity index (χ3n) is 3.00. The molecule has 0 radical (unpaired) electrons. The Morgan fingerprint density at radius 1 is 0.944 bits per heavy atom. The second-order valence-electron chi connectivity index (χ2n) is 4.31. The zero-order chi connectivity index (χ0) is 12.8. The fraction of sp³-hybridized carbons (Fsp3) is 0.250. The van der Waals surface area contributed by atoms with Gasteiger partial charge >= 0.3 is 0 Å². The molecule has 0 aliphatic rings. The van der Waals surface area contributed by atoms with Gasteiger partial charge in [-0.25, -0.2) is 0 Å². The van der Waals surface area contributed by atoms with Gasteiger partial charge in [-0.05, 0) is 29.7 Å². The number of aryl methyl sites for hydroxylation is 1. The van der Waals surface area contributed by atoms with E-state index in [0.717, 1.165) is 18.6 Å². The number of nitrogens with two attached hydrogens (primary N) is 1. The molecule has 2 rings (SSSR count). The van der Waals surface area contributed by atoms with Crippen LogP contribution in [0.2, 0.25) is 0 Å². The SMILES string of the molecule is CCc1ccc(CCOc2ccccc2N)cc1. The van der Waals surface area contributed by atoms with Crippen LogP contribution in [-0.2, 0) is 12.8 Å². The summed E-state index contributed by atoms with van der Waals surface area (Å²) in [5.41, 5.74) is 9.17. The molecule has 0 unspecified atom stereocenters. The molecule has 0 heterocycles. The molecule has 2 aromatic carbocycles. The molecule has 0 aliphatic carbocycles. The van der Waals surface area contributed by atoms with E-state index in [4.69, 9.17) is 10.5 Å². The van der Waals surface area contributed by atoms with Crippen molar-refractivity contribution in [3.05, 3.63) is 59.7 Å². The van der Waals surface area contributed by atoms with Gasteiger partial charge in [0.1, 0.15) is 5.75 Å². The Kier molecular flexibility index (Phi) is 4.24. The summed E-state index contributed by atoms with van der Waals surface area (Å²) < 4.78 is 5.67. The summed E-state index contributed by atoms with van der Waals surface area (Å²) in [6.07, 6.45) is 1.98. The standard InChI is InChI=1S/C16H19NO/c1-2-13-7-9-14(10-8-13)11-12-18-16-6-4-3-5-15(16)17/h3-10H,2,11-12,17H2,1H3. The molecule has 2 aromatic rings. The highest BCUT2D eigenvalue weighted by atomic mass is 16.5. The van der Waals surface area contributed by atoms with Gasteiger partial charge in [0.2, 0.25) is 0 Å². The first-order valence-corrected chi connectivity index (χ1v) is 6.34. The summed E-state index contributed by atoms with van der Waals surface area (Å²) >= 11 is 0. The van der Waals surface area contributed by atoms with Crippen LogP contribution in [0, 0.1) is 0 Å². The summed E-state index contributed by atoms with van der Waals surface area (Å²) in [6.45, 7) is 2.82.